The number of esters is 1. The molecule has 0 saturated heterocycles. The first-order valence-corrected chi connectivity index (χ1v) is 9.77. The Hall–Kier alpha value is -3.06. The average Bonchev–Trinajstić information content (AvgIpc) is 3.13. The highest BCUT2D eigenvalue weighted by Crippen LogP contribution is 2.26. The summed E-state index contributed by atoms with van der Waals surface area (Å²) in [5.41, 5.74) is 2.30. The molecule has 0 spiro atoms. The van der Waals surface area contributed by atoms with Crippen molar-refractivity contribution in [1.29, 1.82) is 0 Å². The number of aromatic nitrogens is 2. The summed E-state index contributed by atoms with van der Waals surface area (Å²) in [4.78, 5) is 35.6. The number of carbonyl (C=O) groups excluding carboxylic acids is 2. The van der Waals surface area contributed by atoms with E-state index < -0.39 is 5.97 Å². The number of benzene rings is 1. The number of amides is 1. The van der Waals surface area contributed by atoms with Gasteiger partial charge in [-0.05, 0) is 31.5 Å². The summed E-state index contributed by atoms with van der Waals surface area (Å²) in [6.07, 6.45) is 1.68. The van der Waals surface area contributed by atoms with Crippen LogP contribution in [0, 0.1) is 6.92 Å². The Labute approximate surface area is 167 Å². The van der Waals surface area contributed by atoms with Crippen molar-refractivity contribution in [2.45, 2.75) is 20.4 Å². The van der Waals surface area contributed by atoms with E-state index in [1.54, 1.807) is 18.0 Å². The zero-order valence-corrected chi connectivity index (χ0v) is 16.6. The fourth-order valence-corrected chi connectivity index (χ4v) is 3.59. The van der Waals surface area contributed by atoms with E-state index in [4.69, 9.17) is 4.74 Å². The van der Waals surface area contributed by atoms with E-state index in [1.807, 2.05) is 55.5 Å². The zero-order chi connectivity index (χ0) is 19.9. The van der Waals surface area contributed by atoms with Crippen molar-refractivity contribution in [2.75, 3.05) is 13.2 Å². The van der Waals surface area contributed by atoms with Gasteiger partial charge in [-0.3, -0.25) is 9.78 Å². The van der Waals surface area contributed by atoms with Crippen LogP contribution in [0.1, 0.15) is 27.9 Å². The number of ether oxygens (including phenoxy) is 1. The monoisotopic (exact) mass is 395 g/mol. The second-order valence-electron chi connectivity index (χ2n) is 6.12. The van der Waals surface area contributed by atoms with Crippen molar-refractivity contribution in [3.05, 3.63) is 70.9 Å². The molecule has 28 heavy (non-hydrogen) atoms. The van der Waals surface area contributed by atoms with Gasteiger partial charge < -0.3 is 9.64 Å². The van der Waals surface area contributed by atoms with Gasteiger partial charge in [-0.2, -0.15) is 0 Å². The van der Waals surface area contributed by atoms with Gasteiger partial charge in [0.05, 0.1) is 11.4 Å². The van der Waals surface area contributed by atoms with E-state index >= 15 is 0 Å². The lowest BCUT2D eigenvalue weighted by Crippen LogP contribution is -2.34. The van der Waals surface area contributed by atoms with E-state index in [1.165, 1.54) is 11.3 Å². The minimum absolute atomic E-state index is 0.230. The molecule has 0 fully saturated rings. The van der Waals surface area contributed by atoms with Gasteiger partial charge in [0.1, 0.15) is 9.88 Å². The summed E-state index contributed by atoms with van der Waals surface area (Å²) in [6.45, 7) is 4.37. The average molecular weight is 395 g/mol. The lowest BCUT2D eigenvalue weighted by molar-refractivity contribution is -0.134. The lowest BCUT2D eigenvalue weighted by atomic mass is 10.2. The molecule has 0 radical (unpaired) electrons. The molecule has 144 valence electrons. The summed E-state index contributed by atoms with van der Waals surface area (Å²) in [5.74, 6) is -0.770. The van der Waals surface area contributed by atoms with E-state index in [-0.39, 0.29) is 12.5 Å². The number of rotatable bonds is 7. The first kappa shape index (κ1) is 19.7. The third kappa shape index (κ3) is 4.80. The number of likely N-dealkylation sites (N-methyl/N-ethyl adjacent to an activating group) is 1. The second kappa shape index (κ2) is 9.23. The molecule has 0 N–H and O–H groups in total. The smallest absolute Gasteiger partial charge is 0.350 e. The van der Waals surface area contributed by atoms with Crippen LogP contribution in [-0.2, 0) is 16.1 Å². The molecule has 0 aliphatic heterocycles. The summed E-state index contributed by atoms with van der Waals surface area (Å²) < 4.78 is 5.26. The molecule has 3 aromatic rings. The molecule has 0 unspecified atom stereocenters. The molecule has 0 aliphatic rings. The van der Waals surface area contributed by atoms with Crippen molar-refractivity contribution in [3.8, 4) is 10.7 Å². The van der Waals surface area contributed by atoms with E-state index in [0.29, 0.717) is 34.4 Å². The van der Waals surface area contributed by atoms with Gasteiger partial charge >= 0.3 is 5.97 Å². The van der Waals surface area contributed by atoms with Crippen LogP contribution in [0.3, 0.4) is 0 Å². The number of hydrogen-bond donors (Lipinski definition) is 0. The minimum Gasteiger partial charge on any atom is -0.451 e. The van der Waals surface area contributed by atoms with Crippen LogP contribution in [-0.4, -0.2) is 39.9 Å². The third-order valence-electron chi connectivity index (χ3n) is 4.14. The van der Waals surface area contributed by atoms with Gasteiger partial charge in [-0.25, -0.2) is 9.78 Å². The molecular weight excluding hydrogens is 374 g/mol. The number of pyridine rings is 1. The molecule has 0 saturated carbocycles. The van der Waals surface area contributed by atoms with Crippen LogP contribution in [0.15, 0.2) is 54.7 Å². The van der Waals surface area contributed by atoms with Crippen molar-refractivity contribution in [2.24, 2.45) is 0 Å². The summed E-state index contributed by atoms with van der Waals surface area (Å²) in [6, 6.07) is 15.2. The number of nitrogens with zero attached hydrogens (tertiary/aromatic N) is 3. The van der Waals surface area contributed by atoms with Gasteiger partial charge in [0.2, 0.25) is 0 Å². The predicted octanol–water partition coefficient (Wildman–Crippen LogP) is 3.72. The topological polar surface area (TPSA) is 72.4 Å². The maximum absolute atomic E-state index is 12.5. The van der Waals surface area contributed by atoms with Crippen LogP contribution >= 0.6 is 11.3 Å². The van der Waals surface area contributed by atoms with Crippen LogP contribution in [0.2, 0.25) is 0 Å². The molecule has 2 heterocycles. The summed E-state index contributed by atoms with van der Waals surface area (Å²) in [7, 11) is 0. The van der Waals surface area contributed by atoms with E-state index in [0.717, 1.165) is 5.56 Å². The maximum Gasteiger partial charge on any atom is 0.350 e. The molecule has 6 nitrogen and oxygen atoms in total. The minimum atomic E-state index is -0.540. The van der Waals surface area contributed by atoms with Crippen molar-refractivity contribution in [1.82, 2.24) is 14.9 Å². The quantitative estimate of drug-likeness (QED) is 0.570. The Bertz CT molecular complexity index is 942. The van der Waals surface area contributed by atoms with Crippen molar-refractivity contribution in [3.63, 3.8) is 0 Å². The molecule has 3 rings (SSSR count). The van der Waals surface area contributed by atoms with E-state index in [2.05, 4.69) is 9.97 Å². The number of thiazole rings is 1. The number of aryl methyl sites for hydroxylation is 1. The van der Waals surface area contributed by atoms with Gasteiger partial charge in [0, 0.05) is 19.3 Å². The molecule has 1 aromatic carbocycles. The normalized spacial score (nSPS) is 10.5. The highest BCUT2D eigenvalue weighted by atomic mass is 32.1. The standard InChI is InChI=1S/C21H21N3O3S/c1-3-24(13-16-9-5-4-6-10-16)18(25)14-27-21(26)19-15(2)23-20(28-19)17-11-7-8-12-22-17/h4-12H,3,13-14H2,1-2H3. The molecule has 0 bridgehead atoms. The van der Waals surface area contributed by atoms with Gasteiger partial charge in [-0.15, -0.1) is 11.3 Å². The molecule has 2 aromatic heterocycles. The fourth-order valence-electron chi connectivity index (χ4n) is 2.65. The summed E-state index contributed by atoms with van der Waals surface area (Å²) in [5, 5.41) is 0.649. The number of carbonyl (C=O) groups is 2. The Kier molecular flexibility index (Phi) is 6.49. The SMILES string of the molecule is CCN(Cc1ccccc1)C(=O)COC(=O)c1sc(-c2ccccn2)nc1C. The molecule has 7 heteroatoms. The van der Waals surface area contributed by atoms with Crippen LogP contribution in [0.25, 0.3) is 10.7 Å². The number of hydrogen-bond acceptors (Lipinski definition) is 6. The largest absolute Gasteiger partial charge is 0.451 e. The zero-order valence-electron chi connectivity index (χ0n) is 15.8. The maximum atomic E-state index is 12.5. The Morgan fingerprint density at radius 2 is 1.86 bits per heavy atom. The highest BCUT2D eigenvalue weighted by molar-refractivity contribution is 7.17. The van der Waals surface area contributed by atoms with Crippen molar-refractivity contribution >= 4 is 23.2 Å². The molecule has 0 aliphatic carbocycles. The van der Waals surface area contributed by atoms with Crippen molar-refractivity contribution < 1.29 is 14.3 Å². The third-order valence-corrected chi connectivity index (χ3v) is 5.30. The molecule has 1 amide bonds. The second-order valence-corrected chi connectivity index (χ2v) is 7.12. The predicted molar refractivity (Wildman–Crippen MR) is 108 cm³/mol. The Balaban J connectivity index is 1.62. The lowest BCUT2D eigenvalue weighted by Gasteiger charge is -2.20. The fraction of sp³-hybridized carbons (Fsp3) is 0.238. The first-order valence-electron chi connectivity index (χ1n) is 8.96. The van der Waals surface area contributed by atoms with Gasteiger partial charge in [0.25, 0.3) is 5.91 Å². The first-order chi connectivity index (χ1) is 13.6. The van der Waals surface area contributed by atoms with E-state index in [9.17, 15) is 9.59 Å². The van der Waals surface area contributed by atoms with Crippen LogP contribution < -0.4 is 0 Å². The van der Waals surface area contributed by atoms with Gasteiger partial charge in [-0.1, -0.05) is 36.4 Å². The van der Waals surface area contributed by atoms with Crippen LogP contribution in [0.5, 0.6) is 0 Å². The molecule has 0 atom stereocenters. The molecular formula is C21H21N3O3S. The summed E-state index contributed by atoms with van der Waals surface area (Å²) >= 11 is 1.22. The van der Waals surface area contributed by atoms with Gasteiger partial charge in [0.15, 0.2) is 6.61 Å². The van der Waals surface area contributed by atoms with Crippen LogP contribution in [0.4, 0.5) is 0 Å². The Morgan fingerprint density at radius 1 is 1.11 bits per heavy atom. The highest BCUT2D eigenvalue weighted by Gasteiger charge is 2.20. The Morgan fingerprint density at radius 3 is 2.54 bits per heavy atom.